The number of rotatable bonds is 6. The monoisotopic (exact) mass is 326 g/mol. The maximum atomic E-state index is 4.50. The highest BCUT2D eigenvalue weighted by Crippen LogP contribution is 2.18. The van der Waals surface area contributed by atoms with Crippen molar-refractivity contribution in [3.63, 3.8) is 0 Å². The van der Waals surface area contributed by atoms with Gasteiger partial charge in [-0.2, -0.15) is 0 Å². The molecule has 3 rings (SSSR count). The van der Waals surface area contributed by atoms with E-state index in [1.807, 2.05) is 18.3 Å². The normalized spacial score (nSPS) is 14.9. The molecular weight excluding hydrogens is 300 g/mol. The number of aliphatic imine (C=N–C) groups is 1. The Labute approximate surface area is 143 Å². The van der Waals surface area contributed by atoms with Crippen LogP contribution >= 0.6 is 0 Å². The second kappa shape index (κ2) is 8.38. The summed E-state index contributed by atoms with van der Waals surface area (Å²) in [5, 5.41) is 6.71. The van der Waals surface area contributed by atoms with Crippen LogP contribution in [0.15, 0.2) is 47.8 Å². The Balaban J connectivity index is 1.47. The minimum Gasteiger partial charge on any atom is -0.357 e. The van der Waals surface area contributed by atoms with E-state index in [4.69, 9.17) is 0 Å². The van der Waals surface area contributed by atoms with Gasteiger partial charge in [0.2, 0.25) is 0 Å². The quantitative estimate of drug-likeness (QED) is 0.628. The smallest absolute Gasteiger partial charge is 0.191 e. The second-order valence-corrected chi connectivity index (χ2v) is 5.99. The van der Waals surface area contributed by atoms with Gasteiger partial charge in [-0.25, -0.2) is 4.98 Å². The molecule has 1 aliphatic rings. The van der Waals surface area contributed by atoms with E-state index in [0.717, 1.165) is 44.5 Å². The molecule has 2 aromatic rings. The highest BCUT2D eigenvalue weighted by atomic mass is 15.2. The fourth-order valence-electron chi connectivity index (χ4n) is 2.92. The molecule has 0 spiro atoms. The van der Waals surface area contributed by atoms with E-state index in [1.54, 1.807) is 7.05 Å². The Morgan fingerprint density at radius 3 is 2.75 bits per heavy atom. The number of pyridine rings is 1. The van der Waals surface area contributed by atoms with Gasteiger partial charge in [-0.05, 0) is 42.7 Å². The maximum absolute atomic E-state index is 4.50. The van der Waals surface area contributed by atoms with Crippen LogP contribution in [0.1, 0.15) is 18.4 Å². The van der Waals surface area contributed by atoms with Crippen LogP contribution in [0.5, 0.6) is 0 Å². The van der Waals surface area contributed by atoms with E-state index >= 15 is 0 Å². The summed E-state index contributed by atoms with van der Waals surface area (Å²) in [5.74, 6) is 1.91. The van der Waals surface area contributed by atoms with Crippen molar-refractivity contribution in [1.29, 1.82) is 0 Å². The lowest BCUT2D eigenvalue weighted by Gasteiger charge is -2.17. The van der Waals surface area contributed by atoms with Crippen LogP contribution in [-0.4, -0.2) is 42.2 Å². The molecule has 6 nitrogen and oxygen atoms in total. The van der Waals surface area contributed by atoms with E-state index in [9.17, 15) is 0 Å². The van der Waals surface area contributed by atoms with Gasteiger partial charge in [0, 0.05) is 58.4 Å². The Kier molecular flexibility index (Phi) is 5.71. The Morgan fingerprint density at radius 1 is 1.21 bits per heavy atom. The highest BCUT2D eigenvalue weighted by molar-refractivity contribution is 5.79. The number of aromatic nitrogens is 2. The third kappa shape index (κ3) is 4.50. The lowest BCUT2D eigenvalue weighted by molar-refractivity contribution is 0.665. The number of hydrogen-bond donors (Lipinski definition) is 2. The third-order valence-corrected chi connectivity index (χ3v) is 4.25. The zero-order valence-corrected chi connectivity index (χ0v) is 14.3. The summed E-state index contributed by atoms with van der Waals surface area (Å²) in [6.45, 7) is 4.73. The maximum Gasteiger partial charge on any atom is 0.191 e. The van der Waals surface area contributed by atoms with Gasteiger partial charge in [-0.1, -0.05) is 0 Å². The lowest BCUT2D eigenvalue weighted by atomic mass is 10.2. The third-order valence-electron chi connectivity index (χ3n) is 4.25. The van der Waals surface area contributed by atoms with Gasteiger partial charge in [0.05, 0.1) is 0 Å². The SMILES string of the molecule is CN=C(NCCn1cccc1)NCc1ccnc(N2CCCC2)c1. The van der Waals surface area contributed by atoms with Gasteiger partial charge in [0.25, 0.3) is 0 Å². The van der Waals surface area contributed by atoms with Crippen molar-refractivity contribution in [2.24, 2.45) is 4.99 Å². The molecule has 0 radical (unpaired) electrons. The van der Waals surface area contributed by atoms with Crippen molar-refractivity contribution >= 4 is 11.8 Å². The minimum absolute atomic E-state index is 0.743. The molecule has 0 bridgehead atoms. The van der Waals surface area contributed by atoms with Gasteiger partial charge in [-0.3, -0.25) is 4.99 Å². The minimum atomic E-state index is 0.743. The molecule has 2 N–H and O–H groups in total. The van der Waals surface area contributed by atoms with Crippen LogP contribution < -0.4 is 15.5 Å². The molecule has 3 heterocycles. The summed E-state index contributed by atoms with van der Waals surface area (Å²) in [7, 11) is 1.80. The van der Waals surface area contributed by atoms with Crippen LogP contribution in [-0.2, 0) is 13.1 Å². The molecule has 2 aromatic heterocycles. The van der Waals surface area contributed by atoms with Gasteiger partial charge in [0.15, 0.2) is 5.96 Å². The lowest BCUT2D eigenvalue weighted by Crippen LogP contribution is -2.38. The van der Waals surface area contributed by atoms with Crippen molar-refractivity contribution in [3.8, 4) is 0 Å². The fraction of sp³-hybridized carbons (Fsp3) is 0.444. The molecule has 0 aromatic carbocycles. The van der Waals surface area contributed by atoms with Crippen molar-refractivity contribution in [2.45, 2.75) is 25.9 Å². The summed E-state index contributed by atoms with van der Waals surface area (Å²) in [5.41, 5.74) is 1.22. The average Bonchev–Trinajstić information content (AvgIpc) is 3.31. The topological polar surface area (TPSA) is 57.5 Å². The number of nitrogens with zero attached hydrogens (tertiary/aromatic N) is 4. The van der Waals surface area contributed by atoms with Crippen LogP contribution in [0.25, 0.3) is 0 Å². The standard InChI is InChI=1S/C18H26N6/c1-19-18(21-8-13-23-9-2-3-10-23)22-15-16-6-7-20-17(14-16)24-11-4-5-12-24/h2-3,6-7,9-10,14H,4-5,8,11-13,15H2,1H3,(H2,19,21,22). The first kappa shape index (κ1) is 16.4. The van der Waals surface area contributed by atoms with Crippen LogP contribution in [0.3, 0.4) is 0 Å². The summed E-state index contributed by atoms with van der Waals surface area (Å²) < 4.78 is 2.14. The van der Waals surface area contributed by atoms with Crippen molar-refractivity contribution in [2.75, 3.05) is 31.6 Å². The summed E-state index contributed by atoms with van der Waals surface area (Å²) in [4.78, 5) is 11.1. The van der Waals surface area contributed by atoms with Crippen LogP contribution in [0.2, 0.25) is 0 Å². The predicted molar refractivity (Wildman–Crippen MR) is 98.3 cm³/mol. The van der Waals surface area contributed by atoms with E-state index in [1.165, 1.54) is 18.4 Å². The zero-order chi connectivity index (χ0) is 16.6. The molecule has 1 saturated heterocycles. The Hall–Kier alpha value is -2.50. The highest BCUT2D eigenvalue weighted by Gasteiger charge is 2.13. The molecule has 0 atom stereocenters. The van der Waals surface area contributed by atoms with Crippen LogP contribution in [0.4, 0.5) is 5.82 Å². The molecule has 1 aliphatic heterocycles. The number of hydrogen-bond acceptors (Lipinski definition) is 3. The van der Waals surface area contributed by atoms with E-state index in [-0.39, 0.29) is 0 Å². The molecule has 0 unspecified atom stereocenters. The number of guanidine groups is 1. The van der Waals surface area contributed by atoms with Gasteiger partial charge >= 0.3 is 0 Å². The first-order valence-corrected chi connectivity index (χ1v) is 8.60. The fourth-order valence-corrected chi connectivity index (χ4v) is 2.92. The first-order valence-electron chi connectivity index (χ1n) is 8.60. The first-order chi connectivity index (χ1) is 11.8. The summed E-state index contributed by atoms with van der Waals surface area (Å²) >= 11 is 0. The predicted octanol–water partition coefficient (Wildman–Crippen LogP) is 1.85. The number of nitrogens with one attached hydrogen (secondary N) is 2. The average molecular weight is 326 g/mol. The Morgan fingerprint density at radius 2 is 2.00 bits per heavy atom. The van der Waals surface area contributed by atoms with Gasteiger partial charge in [-0.15, -0.1) is 0 Å². The summed E-state index contributed by atoms with van der Waals surface area (Å²) in [6, 6.07) is 8.30. The molecule has 0 amide bonds. The summed E-state index contributed by atoms with van der Waals surface area (Å²) in [6.07, 6.45) is 8.56. The molecule has 6 heteroatoms. The van der Waals surface area contributed by atoms with E-state index in [0.29, 0.717) is 0 Å². The van der Waals surface area contributed by atoms with E-state index < -0.39 is 0 Å². The van der Waals surface area contributed by atoms with Crippen molar-refractivity contribution in [1.82, 2.24) is 20.2 Å². The molecule has 128 valence electrons. The number of anilines is 1. The second-order valence-electron chi connectivity index (χ2n) is 5.99. The zero-order valence-electron chi connectivity index (χ0n) is 14.3. The molecular formula is C18H26N6. The van der Waals surface area contributed by atoms with E-state index in [2.05, 4.69) is 54.6 Å². The molecule has 1 fully saturated rings. The van der Waals surface area contributed by atoms with Crippen LogP contribution in [0, 0.1) is 0 Å². The van der Waals surface area contributed by atoms with Crippen molar-refractivity contribution in [3.05, 3.63) is 48.4 Å². The molecule has 0 saturated carbocycles. The largest absolute Gasteiger partial charge is 0.357 e. The Bertz CT molecular complexity index is 643. The molecule has 0 aliphatic carbocycles. The van der Waals surface area contributed by atoms with Gasteiger partial charge in [0.1, 0.15) is 5.82 Å². The van der Waals surface area contributed by atoms with Gasteiger partial charge < -0.3 is 20.1 Å². The van der Waals surface area contributed by atoms with Crippen molar-refractivity contribution < 1.29 is 0 Å². The molecule has 24 heavy (non-hydrogen) atoms.